The number of rotatable bonds is 4. The van der Waals surface area contributed by atoms with Crippen LogP contribution in [0, 0.1) is 11.3 Å². The van der Waals surface area contributed by atoms with Crippen LogP contribution in [0.15, 0.2) is 24.4 Å². The van der Waals surface area contributed by atoms with Gasteiger partial charge in [-0.3, -0.25) is 9.78 Å². The molecule has 144 valence electrons. The van der Waals surface area contributed by atoms with Crippen LogP contribution < -0.4 is 5.32 Å². The first-order chi connectivity index (χ1) is 12.3. The lowest BCUT2D eigenvalue weighted by atomic mass is 9.93. The highest BCUT2D eigenvalue weighted by atomic mass is 35.5. The summed E-state index contributed by atoms with van der Waals surface area (Å²) in [5, 5.41) is 3.47. The molecule has 1 N–H and O–H groups in total. The van der Waals surface area contributed by atoms with E-state index in [4.69, 9.17) is 4.74 Å². The van der Waals surface area contributed by atoms with E-state index in [0.717, 1.165) is 70.5 Å². The smallest absolute Gasteiger partial charge is 0.226 e. The van der Waals surface area contributed by atoms with Crippen molar-refractivity contribution < 1.29 is 9.53 Å². The van der Waals surface area contributed by atoms with Crippen LogP contribution in [0.5, 0.6) is 0 Å². The summed E-state index contributed by atoms with van der Waals surface area (Å²) in [6.07, 6.45) is 8.25. The van der Waals surface area contributed by atoms with E-state index in [1.807, 2.05) is 24.4 Å². The van der Waals surface area contributed by atoms with E-state index in [9.17, 15) is 4.79 Å². The molecule has 6 heteroatoms. The fourth-order valence-corrected chi connectivity index (χ4v) is 4.59. The number of pyridine rings is 1. The van der Waals surface area contributed by atoms with Crippen LogP contribution in [0.3, 0.4) is 0 Å². The lowest BCUT2D eigenvalue weighted by Gasteiger charge is -2.32. The van der Waals surface area contributed by atoms with E-state index in [2.05, 4.69) is 15.2 Å². The maximum absolute atomic E-state index is 13.4. The maximum atomic E-state index is 13.4. The number of hydrogen-bond donors (Lipinski definition) is 1. The second-order valence-corrected chi connectivity index (χ2v) is 7.85. The Morgan fingerprint density at radius 2 is 2.12 bits per heavy atom. The van der Waals surface area contributed by atoms with Crippen LogP contribution in [-0.4, -0.2) is 48.1 Å². The molecule has 0 radical (unpaired) electrons. The van der Waals surface area contributed by atoms with Crippen molar-refractivity contribution in [3.8, 4) is 0 Å². The van der Waals surface area contributed by atoms with Crippen LogP contribution >= 0.6 is 12.4 Å². The molecule has 3 aliphatic rings. The predicted octanol–water partition coefficient (Wildman–Crippen LogP) is 2.79. The number of halogens is 1. The van der Waals surface area contributed by atoms with Crippen LogP contribution in [0.1, 0.15) is 44.2 Å². The molecule has 1 aliphatic carbocycles. The van der Waals surface area contributed by atoms with Gasteiger partial charge < -0.3 is 15.0 Å². The minimum atomic E-state index is 0. The van der Waals surface area contributed by atoms with Crippen molar-refractivity contribution in [2.75, 3.05) is 26.3 Å². The standard InChI is InChI=1S/C20H29N3O2.ClH/c24-19(18-14-20(18)7-12-25-13-8-20)23(15-16-4-1-2-10-22-16)17-5-3-9-21-11-6-17;/h1-2,4,10,17-18,21H,3,5-9,11-15H2;1H. The second kappa shape index (κ2) is 8.68. The van der Waals surface area contributed by atoms with Gasteiger partial charge >= 0.3 is 0 Å². The fraction of sp³-hybridized carbons (Fsp3) is 0.700. The summed E-state index contributed by atoms with van der Waals surface area (Å²) >= 11 is 0. The largest absolute Gasteiger partial charge is 0.381 e. The van der Waals surface area contributed by atoms with Gasteiger partial charge in [0.25, 0.3) is 0 Å². The molecule has 1 aromatic heterocycles. The van der Waals surface area contributed by atoms with E-state index < -0.39 is 0 Å². The number of hydrogen-bond acceptors (Lipinski definition) is 4. The number of nitrogens with zero attached hydrogens (tertiary/aromatic N) is 2. The van der Waals surface area contributed by atoms with E-state index in [0.29, 0.717) is 18.5 Å². The molecule has 0 bridgehead atoms. The molecule has 1 spiro atoms. The molecule has 4 rings (SSSR count). The number of aromatic nitrogens is 1. The average molecular weight is 380 g/mol. The van der Waals surface area contributed by atoms with Gasteiger partial charge in [-0.15, -0.1) is 12.4 Å². The number of carbonyl (C=O) groups excluding carboxylic acids is 1. The molecule has 3 fully saturated rings. The number of amides is 1. The molecule has 0 aromatic carbocycles. The highest BCUT2D eigenvalue weighted by Gasteiger charge is 2.59. The Balaban J connectivity index is 0.00000196. The molecule has 26 heavy (non-hydrogen) atoms. The molecule has 5 nitrogen and oxygen atoms in total. The molecular weight excluding hydrogens is 350 g/mol. The van der Waals surface area contributed by atoms with Crippen LogP contribution in [0.4, 0.5) is 0 Å². The van der Waals surface area contributed by atoms with Gasteiger partial charge in [0, 0.05) is 31.4 Å². The SMILES string of the molecule is Cl.O=C(C1CC12CCOCC2)N(Cc1ccccn1)C1CCCNCC1. The summed E-state index contributed by atoms with van der Waals surface area (Å²) in [5.41, 5.74) is 1.23. The summed E-state index contributed by atoms with van der Waals surface area (Å²) < 4.78 is 5.52. The normalized spacial score (nSPS) is 27.2. The Bertz CT molecular complexity index is 584. The van der Waals surface area contributed by atoms with E-state index in [1.165, 1.54) is 0 Å². The third-order valence-electron chi connectivity index (χ3n) is 6.30. The average Bonchev–Trinajstić information content (AvgIpc) is 3.40. The number of nitrogens with one attached hydrogen (secondary N) is 1. The highest BCUT2D eigenvalue weighted by Crippen LogP contribution is 2.60. The van der Waals surface area contributed by atoms with Gasteiger partial charge in [-0.25, -0.2) is 0 Å². The van der Waals surface area contributed by atoms with E-state index in [1.54, 1.807) is 0 Å². The van der Waals surface area contributed by atoms with Crippen LogP contribution in [-0.2, 0) is 16.1 Å². The summed E-state index contributed by atoms with van der Waals surface area (Å²) in [6.45, 7) is 4.34. The first-order valence-corrected chi connectivity index (χ1v) is 9.77. The topological polar surface area (TPSA) is 54.5 Å². The number of carbonyl (C=O) groups is 1. The Morgan fingerprint density at radius 1 is 1.27 bits per heavy atom. The summed E-state index contributed by atoms with van der Waals surface area (Å²) in [6, 6.07) is 6.31. The zero-order chi connectivity index (χ0) is 17.1. The molecule has 1 saturated carbocycles. The summed E-state index contributed by atoms with van der Waals surface area (Å²) in [5.74, 6) is 0.566. The van der Waals surface area contributed by atoms with Gasteiger partial charge in [0.2, 0.25) is 5.91 Å². The lowest BCUT2D eigenvalue weighted by Crippen LogP contribution is -2.42. The van der Waals surface area contributed by atoms with Crippen LogP contribution in [0.25, 0.3) is 0 Å². The molecule has 1 amide bonds. The number of ether oxygens (including phenoxy) is 1. The van der Waals surface area contributed by atoms with Gasteiger partial charge in [-0.1, -0.05) is 6.07 Å². The van der Waals surface area contributed by atoms with Crippen molar-refractivity contribution >= 4 is 18.3 Å². The second-order valence-electron chi connectivity index (χ2n) is 7.85. The highest BCUT2D eigenvalue weighted by molar-refractivity contribution is 5.85. The van der Waals surface area contributed by atoms with Gasteiger partial charge in [-0.05, 0) is 69.2 Å². The van der Waals surface area contributed by atoms with Crippen molar-refractivity contribution in [3.05, 3.63) is 30.1 Å². The summed E-state index contributed by atoms with van der Waals surface area (Å²) in [7, 11) is 0. The predicted molar refractivity (Wildman–Crippen MR) is 103 cm³/mol. The molecule has 2 atom stereocenters. The maximum Gasteiger partial charge on any atom is 0.226 e. The Labute approximate surface area is 162 Å². The first-order valence-electron chi connectivity index (χ1n) is 9.77. The van der Waals surface area contributed by atoms with Gasteiger partial charge in [-0.2, -0.15) is 0 Å². The van der Waals surface area contributed by atoms with Gasteiger partial charge in [0.1, 0.15) is 0 Å². The zero-order valence-electron chi connectivity index (χ0n) is 15.4. The van der Waals surface area contributed by atoms with Gasteiger partial charge in [0.15, 0.2) is 0 Å². The van der Waals surface area contributed by atoms with Crippen molar-refractivity contribution in [1.82, 2.24) is 15.2 Å². The summed E-state index contributed by atoms with van der Waals surface area (Å²) in [4.78, 5) is 20.1. The van der Waals surface area contributed by atoms with Gasteiger partial charge in [0.05, 0.1) is 12.2 Å². The van der Waals surface area contributed by atoms with Crippen molar-refractivity contribution in [2.24, 2.45) is 11.3 Å². The molecular formula is C20H30ClN3O2. The van der Waals surface area contributed by atoms with E-state index >= 15 is 0 Å². The molecule has 2 unspecified atom stereocenters. The van der Waals surface area contributed by atoms with Crippen molar-refractivity contribution in [1.29, 1.82) is 0 Å². The quantitative estimate of drug-likeness (QED) is 0.874. The zero-order valence-corrected chi connectivity index (χ0v) is 16.2. The monoisotopic (exact) mass is 379 g/mol. The molecule has 2 saturated heterocycles. The minimum Gasteiger partial charge on any atom is -0.381 e. The first kappa shape index (κ1) is 19.6. The van der Waals surface area contributed by atoms with E-state index in [-0.39, 0.29) is 23.7 Å². The molecule has 2 aliphatic heterocycles. The lowest BCUT2D eigenvalue weighted by molar-refractivity contribution is -0.137. The molecule has 3 heterocycles. The third-order valence-corrected chi connectivity index (χ3v) is 6.30. The Morgan fingerprint density at radius 3 is 2.88 bits per heavy atom. The van der Waals surface area contributed by atoms with Crippen LogP contribution in [0.2, 0.25) is 0 Å². The third kappa shape index (κ3) is 4.21. The minimum absolute atomic E-state index is 0. The van der Waals surface area contributed by atoms with Crippen molar-refractivity contribution in [3.63, 3.8) is 0 Å². The fourth-order valence-electron chi connectivity index (χ4n) is 4.59. The Kier molecular flexibility index (Phi) is 6.54. The Hall–Kier alpha value is -1.17. The van der Waals surface area contributed by atoms with Crippen molar-refractivity contribution in [2.45, 2.75) is 51.1 Å². The molecule has 1 aromatic rings.